The minimum atomic E-state index is 0.845. The highest BCUT2D eigenvalue weighted by atomic mass is 15.1. The molecule has 0 amide bonds. The van der Waals surface area contributed by atoms with Gasteiger partial charge in [0.15, 0.2) is 0 Å². The summed E-state index contributed by atoms with van der Waals surface area (Å²) in [6.07, 6.45) is 6.34. The summed E-state index contributed by atoms with van der Waals surface area (Å²) in [6.45, 7) is 7.97. The minimum absolute atomic E-state index is 0.845. The lowest BCUT2D eigenvalue weighted by molar-refractivity contribution is 0.190. The molecule has 0 aliphatic carbocycles. The van der Waals surface area contributed by atoms with Crippen molar-refractivity contribution in [3.8, 4) is 0 Å². The minimum Gasteiger partial charge on any atom is -0.348 e. The summed E-state index contributed by atoms with van der Waals surface area (Å²) >= 11 is 0. The fraction of sp³-hybridized carbons (Fsp3) is 0.750. The van der Waals surface area contributed by atoms with Crippen molar-refractivity contribution in [1.82, 2.24) is 20.2 Å². The molecular formula is C12H22N4. The molecule has 4 nitrogen and oxygen atoms in total. The van der Waals surface area contributed by atoms with Crippen molar-refractivity contribution in [2.45, 2.75) is 26.3 Å². The molecule has 0 radical (unpaired) electrons. The lowest BCUT2D eigenvalue weighted by Crippen LogP contribution is -2.37. The van der Waals surface area contributed by atoms with Gasteiger partial charge in [0.2, 0.25) is 0 Å². The lowest BCUT2D eigenvalue weighted by atomic mass is 9.97. The van der Waals surface area contributed by atoms with Crippen molar-refractivity contribution in [2.24, 2.45) is 5.92 Å². The standard InChI is InChI=1S/C12H22N4/c1-2-16-7-3-11(4-8-16)9-13-10-12-14-5-6-15-12/h5-6,11,13H,2-4,7-10H2,1H3,(H,14,15). The fourth-order valence-electron chi connectivity index (χ4n) is 2.30. The molecule has 1 aromatic rings. The number of hydrogen-bond acceptors (Lipinski definition) is 3. The Balaban J connectivity index is 1.60. The number of aromatic nitrogens is 2. The molecule has 1 aromatic heterocycles. The Bertz CT molecular complexity index is 275. The first kappa shape index (κ1) is 11.6. The first-order chi connectivity index (χ1) is 7.88. The summed E-state index contributed by atoms with van der Waals surface area (Å²) in [5.74, 6) is 1.88. The molecule has 1 fully saturated rings. The van der Waals surface area contributed by atoms with E-state index in [9.17, 15) is 0 Å². The van der Waals surface area contributed by atoms with Crippen molar-refractivity contribution in [3.63, 3.8) is 0 Å². The monoisotopic (exact) mass is 222 g/mol. The predicted octanol–water partition coefficient (Wildman–Crippen LogP) is 1.23. The molecule has 0 unspecified atom stereocenters. The van der Waals surface area contributed by atoms with Crippen LogP contribution in [0.15, 0.2) is 12.4 Å². The molecule has 0 atom stereocenters. The van der Waals surface area contributed by atoms with Gasteiger partial charge in [-0.1, -0.05) is 6.92 Å². The summed E-state index contributed by atoms with van der Waals surface area (Å²) < 4.78 is 0. The average Bonchev–Trinajstić information content (AvgIpc) is 2.83. The van der Waals surface area contributed by atoms with Gasteiger partial charge in [-0.15, -0.1) is 0 Å². The van der Waals surface area contributed by atoms with Gasteiger partial charge in [-0.05, 0) is 44.9 Å². The summed E-state index contributed by atoms with van der Waals surface area (Å²) in [5.41, 5.74) is 0. The van der Waals surface area contributed by atoms with Gasteiger partial charge in [0.05, 0.1) is 6.54 Å². The molecule has 0 aromatic carbocycles. The highest BCUT2D eigenvalue weighted by molar-refractivity contribution is 4.86. The van der Waals surface area contributed by atoms with E-state index in [2.05, 4.69) is 27.1 Å². The third-order valence-corrected chi connectivity index (χ3v) is 3.43. The van der Waals surface area contributed by atoms with Crippen LogP contribution in [0.25, 0.3) is 0 Å². The fourth-order valence-corrected chi connectivity index (χ4v) is 2.30. The van der Waals surface area contributed by atoms with E-state index in [0.717, 1.165) is 24.8 Å². The van der Waals surface area contributed by atoms with E-state index in [-0.39, 0.29) is 0 Å². The largest absolute Gasteiger partial charge is 0.348 e. The number of aromatic amines is 1. The second-order valence-corrected chi connectivity index (χ2v) is 4.54. The van der Waals surface area contributed by atoms with Gasteiger partial charge in [-0.25, -0.2) is 4.98 Å². The summed E-state index contributed by atoms with van der Waals surface area (Å²) in [4.78, 5) is 9.84. The van der Waals surface area contributed by atoms with E-state index in [0.29, 0.717) is 0 Å². The van der Waals surface area contributed by atoms with Crippen molar-refractivity contribution in [1.29, 1.82) is 0 Å². The highest BCUT2D eigenvalue weighted by Crippen LogP contribution is 2.15. The molecule has 2 heterocycles. The van der Waals surface area contributed by atoms with Crippen LogP contribution in [0.4, 0.5) is 0 Å². The Morgan fingerprint density at radius 1 is 1.50 bits per heavy atom. The Hall–Kier alpha value is -0.870. The van der Waals surface area contributed by atoms with Crippen molar-refractivity contribution < 1.29 is 0 Å². The van der Waals surface area contributed by atoms with E-state index in [1.807, 2.05) is 6.20 Å². The van der Waals surface area contributed by atoms with Crippen LogP contribution >= 0.6 is 0 Å². The molecule has 90 valence electrons. The number of H-pyrrole nitrogens is 1. The lowest BCUT2D eigenvalue weighted by Gasteiger charge is -2.31. The predicted molar refractivity (Wildman–Crippen MR) is 65.1 cm³/mol. The van der Waals surface area contributed by atoms with Gasteiger partial charge in [0, 0.05) is 12.4 Å². The second kappa shape index (κ2) is 6.01. The molecule has 4 heteroatoms. The van der Waals surface area contributed by atoms with Crippen LogP contribution in [0.5, 0.6) is 0 Å². The van der Waals surface area contributed by atoms with Crippen LogP contribution in [0.3, 0.4) is 0 Å². The van der Waals surface area contributed by atoms with Crippen molar-refractivity contribution in [3.05, 3.63) is 18.2 Å². The maximum absolute atomic E-state index is 4.20. The third-order valence-electron chi connectivity index (χ3n) is 3.43. The summed E-state index contributed by atoms with van der Waals surface area (Å²) in [7, 11) is 0. The molecule has 0 saturated carbocycles. The normalized spacial score (nSPS) is 19.1. The molecule has 2 N–H and O–H groups in total. The molecule has 1 aliphatic heterocycles. The molecule has 16 heavy (non-hydrogen) atoms. The van der Waals surface area contributed by atoms with Gasteiger partial charge < -0.3 is 15.2 Å². The molecule has 0 bridgehead atoms. The zero-order chi connectivity index (χ0) is 11.2. The molecule has 0 spiro atoms. The smallest absolute Gasteiger partial charge is 0.120 e. The third kappa shape index (κ3) is 3.32. The number of nitrogens with one attached hydrogen (secondary N) is 2. The highest BCUT2D eigenvalue weighted by Gasteiger charge is 2.17. The van der Waals surface area contributed by atoms with Gasteiger partial charge in [-0.3, -0.25) is 0 Å². The van der Waals surface area contributed by atoms with Gasteiger partial charge >= 0.3 is 0 Å². The number of likely N-dealkylation sites (tertiary alicyclic amines) is 1. The average molecular weight is 222 g/mol. The SMILES string of the molecule is CCN1CCC(CNCc2ncc[nH]2)CC1. The zero-order valence-corrected chi connectivity index (χ0v) is 10.1. The summed E-state index contributed by atoms with van der Waals surface area (Å²) in [5, 5.41) is 3.48. The van der Waals surface area contributed by atoms with Crippen molar-refractivity contribution in [2.75, 3.05) is 26.2 Å². The first-order valence-electron chi connectivity index (χ1n) is 6.30. The van der Waals surface area contributed by atoms with E-state index in [4.69, 9.17) is 0 Å². The van der Waals surface area contributed by atoms with Crippen LogP contribution in [0, 0.1) is 5.92 Å². The Morgan fingerprint density at radius 3 is 2.94 bits per heavy atom. The van der Waals surface area contributed by atoms with E-state index >= 15 is 0 Å². The molecule has 1 aliphatic rings. The van der Waals surface area contributed by atoms with E-state index in [1.54, 1.807) is 6.20 Å². The molecule has 2 rings (SSSR count). The van der Waals surface area contributed by atoms with E-state index in [1.165, 1.54) is 32.5 Å². The van der Waals surface area contributed by atoms with Gasteiger partial charge in [-0.2, -0.15) is 0 Å². The molecule has 1 saturated heterocycles. The first-order valence-corrected chi connectivity index (χ1v) is 6.30. The summed E-state index contributed by atoms with van der Waals surface area (Å²) in [6, 6.07) is 0. The number of hydrogen-bond donors (Lipinski definition) is 2. The van der Waals surface area contributed by atoms with E-state index < -0.39 is 0 Å². The maximum atomic E-state index is 4.20. The number of piperidine rings is 1. The Kier molecular flexibility index (Phi) is 4.36. The van der Waals surface area contributed by atoms with Gasteiger partial charge in [0.1, 0.15) is 5.82 Å². The quantitative estimate of drug-likeness (QED) is 0.787. The van der Waals surface area contributed by atoms with Crippen LogP contribution in [0.1, 0.15) is 25.6 Å². The van der Waals surface area contributed by atoms with Crippen LogP contribution in [-0.2, 0) is 6.54 Å². The topological polar surface area (TPSA) is 44.0 Å². The number of rotatable bonds is 5. The zero-order valence-electron chi connectivity index (χ0n) is 10.1. The van der Waals surface area contributed by atoms with Crippen LogP contribution in [-0.4, -0.2) is 41.0 Å². The Morgan fingerprint density at radius 2 is 2.31 bits per heavy atom. The molecular weight excluding hydrogens is 200 g/mol. The van der Waals surface area contributed by atoms with Crippen LogP contribution < -0.4 is 5.32 Å². The van der Waals surface area contributed by atoms with Gasteiger partial charge in [0.25, 0.3) is 0 Å². The van der Waals surface area contributed by atoms with Crippen LogP contribution in [0.2, 0.25) is 0 Å². The number of nitrogens with zero attached hydrogens (tertiary/aromatic N) is 2. The second-order valence-electron chi connectivity index (χ2n) is 4.54. The number of imidazole rings is 1. The maximum Gasteiger partial charge on any atom is 0.120 e. The Labute approximate surface area is 97.4 Å². The van der Waals surface area contributed by atoms with Crippen molar-refractivity contribution >= 4 is 0 Å².